The number of nitrogens with one attached hydrogen (secondary N) is 1. The summed E-state index contributed by atoms with van der Waals surface area (Å²) in [6, 6.07) is 8.55. The number of rotatable bonds is 4. The number of urea groups is 1. The van der Waals surface area contributed by atoms with Gasteiger partial charge in [0, 0.05) is 25.9 Å². The zero-order valence-corrected chi connectivity index (χ0v) is 14.7. The molecule has 1 fully saturated rings. The summed E-state index contributed by atoms with van der Waals surface area (Å²) in [5, 5.41) is 16.3. The van der Waals surface area contributed by atoms with Crippen LogP contribution in [0.1, 0.15) is 24.3 Å². The summed E-state index contributed by atoms with van der Waals surface area (Å²) >= 11 is 0. The molecule has 1 saturated heterocycles. The highest BCUT2D eigenvalue weighted by atomic mass is 16.5. The van der Waals surface area contributed by atoms with Gasteiger partial charge in [-0.1, -0.05) is 23.4 Å². The molecular formula is C18H21N3O5. The Morgan fingerprint density at radius 3 is 2.42 bits per heavy atom. The Morgan fingerprint density at radius 1 is 1.23 bits per heavy atom. The SMILES string of the molecule is Cc1noc(C)c1NC(=O)N1CCC(Oc2ccccc2)(C(=O)O)CC1. The first-order valence-corrected chi connectivity index (χ1v) is 8.37. The molecule has 2 aromatic rings. The van der Waals surface area contributed by atoms with E-state index in [9.17, 15) is 14.7 Å². The fraction of sp³-hybridized carbons (Fsp3) is 0.389. The molecule has 3 rings (SSSR count). The molecule has 0 aliphatic carbocycles. The van der Waals surface area contributed by atoms with Gasteiger partial charge < -0.3 is 24.6 Å². The van der Waals surface area contributed by atoms with Crippen LogP contribution in [-0.2, 0) is 4.79 Å². The van der Waals surface area contributed by atoms with Gasteiger partial charge in [-0.2, -0.15) is 0 Å². The molecule has 26 heavy (non-hydrogen) atoms. The van der Waals surface area contributed by atoms with Gasteiger partial charge in [0.1, 0.15) is 17.1 Å². The van der Waals surface area contributed by atoms with Crippen molar-refractivity contribution in [2.75, 3.05) is 18.4 Å². The Labute approximate surface area is 150 Å². The average Bonchev–Trinajstić information content (AvgIpc) is 2.95. The van der Waals surface area contributed by atoms with Crippen LogP contribution < -0.4 is 10.1 Å². The molecule has 2 amide bonds. The molecule has 0 radical (unpaired) electrons. The van der Waals surface area contributed by atoms with Crippen LogP contribution in [0.15, 0.2) is 34.9 Å². The Hall–Kier alpha value is -3.03. The number of hydrogen-bond acceptors (Lipinski definition) is 5. The van der Waals surface area contributed by atoms with Gasteiger partial charge in [0.15, 0.2) is 5.76 Å². The number of ether oxygens (including phenoxy) is 1. The summed E-state index contributed by atoms with van der Waals surface area (Å²) in [5.74, 6) is 0.0100. The lowest BCUT2D eigenvalue weighted by atomic mass is 9.91. The number of aromatic nitrogens is 1. The number of carbonyl (C=O) groups excluding carboxylic acids is 1. The number of hydrogen-bond donors (Lipinski definition) is 2. The second-order valence-electron chi connectivity index (χ2n) is 6.33. The van der Waals surface area contributed by atoms with E-state index >= 15 is 0 Å². The maximum absolute atomic E-state index is 12.5. The second-order valence-corrected chi connectivity index (χ2v) is 6.33. The van der Waals surface area contributed by atoms with E-state index in [1.807, 2.05) is 6.07 Å². The van der Waals surface area contributed by atoms with Crippen LogP contribution in [0.5, 0.6) is 5.75 Å². The van der Waals surface area contributed by atoms with E-state index in [1.165, 1.54) is 0 Å². The third kappa shape index (κ3) is 3.49. The fourth-order valence-electron chi connectivity index (χ4n) is 2.99. The number of carboxylic acids is 1. The van der Waals surface area contributed by atoms with Crippen LogP contribution in [0.4, 0.5) is 10.5 Å². The van der Waals surface area contributed by atoms with Crippen molar-refractivity contribution in [3.8, 4) is 5.75 Å². The Morgan fingerprint density at radius 2 is 1.88 bits per heavy atom. The summed E-state index contributed by atoms with van der Waals surface area (Å²) in [6.07, 6.45) is 0.401. The number of nitrogens with zero attached hydrogens (tertiary/aromatic N) is 2. The van der Waals surface area contributed by atoms with Crippen LogP contribution in [-0.4, -0.2) is 45.9 Å². The van der Waals surface area contributed by atoms with Crippen LogP contribution in [0.3, 0.4) is 0 Å². The summed E-state index contributed by atoms with van der Waals surface area (Å²) in [5.41, 5.74) is -0.188. The van der Waals surface area contributed by atoms with Crippen LogP contribution in [0, 0.1) is 13.8 Å². The van der Waals surface area contributed by atoms with Crippen molar-refractivity contribution < 1.29 is 24.0 Å². The molecule has 1 aromatic heterocycles. The molecule has 8 nitrogen and oxygen atoms in total. The van der Waals surface area contributed by atoms with Gasteiger partial charge >= 0.3 is 12.0 Å². The lowest BCUT2D eigenvalue weighted by Crippen LogP contribution is -2.55. The molecule has 1 aromatic carbocycles. The van der Waals surface area contributed by atoms with Gasteiger partial charge in [0.25, 0.3) is 0 Å². The second kappa shape index (κ2) is 7.07. The zero-order valence-electron chi connectivity index (χ0n) is 14.7. The molecule has 0 atom stereocenters. The number of para-hydroxylation sites is 1. The van der Waals surface area contributed by atoms with Crippen LogP contribution in [0.2, 0.25) is 0 Å². The number of aliphatic carboxylic acids is 1. The normalized spacial score (nSPS) is 16.2. The Bertz CT molecular complexity index is 775. The number of carboxylic acid groups (broad SMARTS) is 1. The Balaban J connectivity index is 1.66. The molecule has 138 valence electrons. The zero-order chi connectivity index (χ0) is 18.7. The predicted octanol–water partition coefficient (Wildman–Crippen LogP) is 2.82. The monoisotopic (exact) mass is 359 g/mol. The molecule has 1 aliphatic heterocycles. The van der Waals surface area contributed by atoms with Crippen LogP contribution in [0.25, 0.3) is 0 Å². The van der Waals surface area contributed by atoms with Gasteiger partial charge in [-0.15, -0.1) is 0 Å². The number of aryl methyl sites for hydroxylation is 2. The van der Waals surface area contributed by atoms with Gasteiger partial charge in [0.2, 0.25) is 5.60 Å². The quantitative estimate of drug-likeness (QED) is 0.870. The third-order valence-corrected chi connectivity index (χ3v) is 4.57. The van der Waals surface area contributed by atoms with E-state index in [4.69, 9.17) is 9.26 Å². The molecule has 0 unspecified atom stereocenters. The van der Waals surface area contributed by atoms with E-state index in [-0.39, 0.29) is 32.0 Å². The first-order valence-electron chi connectivity index (χ1n) is 8.37. The first-order chi connectivity index (χ1) is 12.4. The van der Waals surface area contributed by atoms with Gasteiger partial charge in [-0.3, -0.25) is 0 Å². The smallest absolute Gasteiger partial charge is 0.348 e. The van der Waals surface area contributed by atoms with E-state index in [1.54, 1.807) is 43.0 Å². The minimum absolute atomic E-state index is 0.201. The van der Waals surface area contributed by atoms with E-state index in [0.29, 0.717) is 22.9 Å². The van der Waals surface area contributed by atoms with Gasteiger partial charge in [-0.25, -0.2) is 9.59 Å². The van der Waals surface area contributed by atoms with E-state index < -0.39 is 11.6 Å². The summed E-state index contributed by atoms with van der Waals surface area (Å²) in [4.78, 5) is 25.9. The maximum atomic E-state index is 12.5. The maximum Gasteiger partial charge on any atom is 0.348 e. The average molecular weight is 359 g/mol. The molecule has 0 saturated carbocycles. The highest BCUT2D eigenvalue weighted by Crippen LogP contribution is 2.30. The Kier molecular flexibility index (Phi) is 4.83. The van der Waals surface area contributed by atoms with Crippen molar-refractivity contribution in [2.45, 2.75) is 32.3 Å². The number of carbonyl (C=O) groups is 2. The van der Waals surface area contributed by atoms with Crippen molar-refractivity contribution in [1.82, 2.24) is 10.1 Å². The first kappa shape index (κ1) is 17.8. The van der Waals surface area contributed by atoms with Crippen molar-refractivity contribution in [3.63, 3.8) is 0 Å². The molecular weight excluding hydrogens is 338 g/mol. The van der Waals surface area contributed by atoms with Crippen molar-refractivity contribution in [1.29, 1.82) is 0 Å². The van der Waals surface area contributed by atoms with Crippen LogP contribution >= 0.6 is 0 Å². The highest BCUT2D eigenvalue weighted by Gasteiger charge is 2.45. The fourth-order valence-corrected chi connectivity index (χ4v) is 2.99. The molecule has 0 spiro atoms. The lowest BCUT2D eigenvalue weighted by Gasteiger charge is -2.38. The predicted molar refractivity (Wildman–Crippen MR) is 93.2 cm³/mol. The topological polar surface area (TPSA) is 105 Å². The molecule has 2 heterocycles. The number of likely N-dealkylation sites (tertiary alicyclic amines) is 1. The minimum atomic E-state index is -1.33. The lowest BCUT2D eigenvalue weighted by molar-refractivity contribution is -0.159. The summed E-state index contributed by atoms with van der Waals surface area (Å²) in [6.45, 7) is 4.00. The largest absolute Gasteiger partial charge is 0.478 e. The van der Waals surface area contributed by atoms with Gasteiger partial charge in [-0.05, 0) is 26.0 Å². The number of benzene rings is 1. The summed E-state index contributed by atoms with van der Waals surface area (Å²) < 4.78 is 10.8. The number of amides is 2. The summed E-state index contributed by atoms with van der Waals surface area (Å²) in [7, 11) is 0. The third-order valence-electron chi connectivity index (χ3n) is 4.57. The van der Waals surface area contributed by atoms with E-state index in [2.05, 4.69) is 10.5 Å². The standard InChI is InChI=1S/C18H21N3O5/c1-12-15(13(2)26-20-12)19-17(24)21-10-8-18(9-11-21,16(22)23)25-14-6-4-3-5-7-14/h3-7H,8-11H2,1-2H3,(H,19,24)(H,22,23). The van der Waals surface area contributed by atoms with Crippen molar-refractivity contribution in [2.24, 2.45) is 0 Å². The molecule has 8 heteroatoms. The number of anilines is 1. The molecule has 1 aliphatic rings. The highest BCUT2D eigenvalue weighted by molar-refractivity contribution is 5.90. The van der Waals surface area contributed by atoms with Crippen molar-refractivity contribution in [3.05, 3.63) is 41.8 Å². The van der Waals surface area contributed by atoms with Gasteiger partial charge in [0.05, 0.1) is 0 Å². The van der Waals surface area contributed by atoms with Crippen molar-refractivity contribution >= 4 is 17.7 Å². The number of piperidine rings is 1. The molecule has 2 N–H and O–H groups in total. The molecule has 0 bridgehead atoms. The minimum Gasteiger partial charge on any atom is -0.478 e. The van der Waals surface area contributed by atoms with E-state index in [0.717, 1.165) is 0 Å².